The van der Waals surface area contributed by atoms with Crippen molar-refractivity contribution >= 4 is 17.8 Å². The number of nitro benzene ring substituents is 1. The Balaban J connectivity index is 1.55. The highest BCUT2D eigenvalue weighted by Crippen LogP contribution is 2.34. The van der Waals surface area contributed by atoms with Crippen LogP contribution in [0.1, 0.15) is 16.9 Å². The maximum Gasteiger partial charge on any atom is 0.281 e. The van der Waals surface area contributed by atoms with Crippen LogP contribution < -0.4 is 10.2 Å². The van der Waals surface area contributed by atoms with Gasteiger partial charge in [-0.2, -0.15) is 5.10 Å². The highest BCUT2D eigenvalue weighted by Gasteiger charge is 2.39. The minimum atomic E-state index is -1.96. The lowest BCUT2D eigenvalue weighted by Crippen LogP contribution is -2.43. The number of nitrogens with zero attached hydrogens (tertiary/aromatic N) is 2. The van der Waals surface area contributed by atoms with Crippen LogP contribution in [0.5, 0.6) is 5.75 Å². The van der Waals surface area contributed by atoms with Gasteiger partial charge in [-0.05, 0) is 29.3 Å². The van der Waals surface area contributed by atoms with Gasteiger partial charge in [-0.1, -0.05) is 60.7 Å². The van der Waals surface area contributed by atoms with Crippen LogP contribution in [0.2, 0.25) is 0 Å². The molecule has 35 heavy (non-hydrogen) atoms. The van der Waals surface area contributed by atoms with Crippen molar-refractivity contribution in [3.05, 3.63) is 118 Å². The maximum absolute atomic E-state index is 13.1. The molecule has 1 aromatic heterocycles. The highest BCUT2D eigenvalue weighted by molar-refractivity contribution is 5.91. The molecule has 0 unspecified atom stereocenters. The third-order valence-electron chi connectivity index (χ3n) is 5.36. The van der Waals surface area contributed by atoms with Crippen molar-refractivity contribution in [3.63, 3.8) is 0 Å². The fraction of sp³-hybridized carbons (Fsp3) is 0.0769. The van der Waals surface area contributed by atoms with Gasteiger partial charge in [-0.25, -0.2) is 5.43 Å². The van der Waals surface area contributed by atoms with E-state index >= 15 is 0 Å². The van der Waals surface area contributed by atoms with Crippen molar-refractivity contribution in [3.8, 4) is 17.1 Å². The Kier molecular flexibility index (Phi) is 6.70. The zero-order valence-electron chi connectivity index (χ0n) is 18.6. The average molecular weight is 471 g/mol. The second kappa shape index (κ2) is 10.0. The predicted octanol–water partition coefficient (Wildman–Crippen LogP) is 4.25. The number of aliphatic hydroxyl groups is 1. The molecule has 9 heteroatoms. The van der Waals surface area contributed by atoms with Crippen LogP contribution in [0.15, 0.2) is 101 Å². The van der Waals surface area contributed by atoms with Crippen LogP contribution >= 0.6 is 0 Å². The highest BCUT2D eigenvalue weighted by atomic mass is 16.6. The molecule has 2 N–H and O–H groups in total. The number of rotatable bonds is 8. The molecule has 4 rings (SSSR count). The van der Waals surface area contributed by atoms with E-state index in [1.807, 2.05) is 0 Å². The number of hydrogen-bond donors (Lipinski definition) is 2. The summed E-state index contributed by atoms with van der Waals surface area (Å²) in [7, 11) is 1.41. The first-order valence-corrected chi connectivity index (χ1v) is 10.5. The summed E-state index contributed by atoms with van der Waals surface area (Å²) in [6.07, 6.45) is 1.29. The zero-order valence-corrected chi connectivity index (χ0v) is 18.6. The Morgan fingerprint density at radius 2 is 1.66 bits per heavy atom. The van der Waals surface area contributed by atoms with Crippen LogP contribution in [0.4, 0.5) is 5.69 Å². The zero-order chi connectivity index (χ0) is 24.8. The Hall–Kier alpha value is -4.76. The summed E-state index contributed by atoms with van der Waals surface area (Å²) in [6.45, 7) is 0. The van der Waals surface area contributed by atoms with Gasteiger partial charge < -0.3 is 14.3 Å². The first-order valence-electron chi connectivity index (χ1n) is 10.5. The molecular formula is C26H21N3O6. The van der Waals surface area contributed by atoms with E-state index in [-0.39, 0.29) is 11.4 Å². The number of benzene rings is 3. The second-order valence-electron chi connectivity index (χ2n) is 7.49. The molecule has 3 aromatic carbocycles. The van der Waals surface area contributed by atoms with Crippen molar-refractivity contribution < 1.29 is 24.0 Å². The largest absolute Gasteiger partial charge is 0.496 e. The molecule has 0 saturated heterocycles. The molecule has 1 amide bonds. The quantitative estimate of drug-likeness (QED) is 0.225. The van der Waals surface area contributed by atoms with Gasteiger partial charge in [0, 0.05) is 6.07 Å². The minimum absolute atomic E-state index is 0.106. The van der Waals surface area contributed by atoms with Crippen molar-refractivity contribution in [2.45, 2.75) is 5.60 Å². The van der Waals surface area contributed by atoms with Crippen molar-refractivity contribution in [1.29, 1.82) is 0 Å². The van der Waals surface area contributed by atoms with E-state index in [1.54, 1.807) is 72.8 Å². The van der Waals surface area contributed by atoms with Crippen molar-refractivity contribution in [2.75, 3.05) is 7.11 Å². The third-order valence-corrected chi connectivity index (χ3v) is 5.36. The Morgan fingerprint density at radius 3 is 2.23 bits per heavy atom. The van der Waals surface area contributed by atoms with Crippen LogP contribution in [0.3, 0.4) is 0 Å². The molecule has 0 spiro atoms. The number of hydrogen-bond acceptors (Lipinski definition) is 7. The molecule has 0 atom stereocenters. The first-order chi connectivity index (χ1) is 16.9. The molecule has 176 valence electrons. The summed E-state index contributed by atoms with van der Waals surface area (Å²) >= 11 is 0. The molecule has 9 nitrogen and oxygen atoms in total. The number of carbonyl (C=O) groups is 1. The SMILES string of the molecule is COc1cc([N+](=O)[O-])ccc1-c1ccc(/C=N/NC(=O)C(O)(c2ccccc2)c2ccccc2)o1. The van der Waals surface area contributed by atoms with E-state index in [2.05, 4.69) is 10.5 Å². The molecule has 0 aliphatic carbocycles. The number of nitro groups is 1. The number of furan rings is 1. The fourth-order valence-electron chi connectivity index (χ4n) is 3.59. The van der Waals surface area contributed by atoms with Crippen molar-refractivity contribution in [2.24, 2.45) is 5.10 Å². The molecule has 0 fully saturated rings. The number of amides is 1. The summed E-state index contributed by atoms with van der Waals surface area (Å²) in [4.78, 5) is 23.6. The summed E-state index contributed by atoms with van der Waals surface area (Å²) in [5.41, 5.74) is 1.62. The van der Waals surface area contributed by atoms with Crippen LogP contribution in [0, 0.1) is 10.1 Å². The van der Waals surface area contributed by atoms with Gasteiger partial charge in [-0.3, -0.25) is 14.9 Å². The Bertz CT molecular complexity index is 1330. The number of ether oxygens (including phenoxy) is 1. The van der Waals surface area contributed by atoms with Gasteiger partial charge in [0.05, 0.1) is 29.9 Å². The third kappa shape index (κ3) is 4.80. The topological polar surface area (TPSA) is 127 Å². The van der Waals surface area contributed by atoms with Crippen LogP contribution in [-0.2, 0) is 10.4 Å². The van der Waals surface area contributed by atoms with Crippen LogP contribution in [-0.4, -0.2) is 29.3 Å². The number of non-ortho nitro benzene ring substituents is 1. The van der Waals surface area contributed by atoms with E-state index in [9.17, 15) is 20.0 Å². The van der Waals surface area contributed by atoms with Gasteiger partial charge in [0.1, 0.15) is 17.3 Å². The lowest BCUT2D eigenvalue weighted by Gasteiger charge is -2.26. The molecule has 0 bridgehead atoms. The molecule has 0 radical (unpaired) electrons. The lowest BCUT2D eigenvalue weighted by molar-refractivity contribution is -0.384. The van der Waals surface area contributed by atoms with E-state index in [0.29, 0.717) is 28.2 Å². The van der Waals surface area contributed by atoms with Gasteiger partial charge in [0.2, 0.25) is 0 Å². The van der Waals surface area contributed by atoms with E-state index in [0.717, 1.165) is 0 Å². The van der Waals surface area contributed by atoms with Gasteiger partial charge in [0.15, 0.2) is 5.60 Å². The Morgan fingerprint density at radius 1 is 1.03 bits per heavy atom. The average Bonchev–Trinajstić information content (AvgIpc) is 3.37. The Labute approximate surface area is 200 Å². The smallest absolute Gasteiger partial charge is 0.281 e. The standard InChI is InChI=1S/C26H21N3O6/c1-34-24-16-20(29(32)33)12-14-22(24)23-15-13-21(35-23)17-27-28-25(30)26(31,18-8-4-2-5-9-18)19-10-6-3-7-11-19/h2-17,31H,1H3,(H,28,30)/b27-17+. The predicted molar refractivity (Wildman–Crippen MR) is 129 cm³/mol. The number of hydrazone groups is 1. The van der Waals surface area contributed by atoms with Gasteiger partial charge in [-0.15, -0.1) is 0 Å². The fourth-order valence-corrected chi connectivity index (χ4v) is 3.59. The molecule has 1 heterocycles. The molecular weight excluding hydrogens is 450 g/mol. The van der Waals surface area contributed by atoms with Crippen molar-refractivity contribution in [1.82, 2.24) is 5.43 Å². The molecule has 0 aliphatic heterocycles. The number of nitrogens with one attached hydrogen (secondary N) is 1. The van der Waals surface area contributed by atoms with E-state index < -0.39 is 16.4 Å². The summed E-state index contributed by atoms with van der Waals surface area (Å²) in [6, 6.07) is 24.6. The van der Waals surface area contributed by atoms with Gasteiger partial charge >= 0.3 is 0 Å². The minimum Gasteiger partial charge on any atom is -0.496 e. The molecule has 0 aliphatic rings. The number of methoxy groups -OCH3 is 1. The second-order valence-corrected chi connectivity index (χ2v) is 7.49. The number of carbonyl (C=O) groups excluding carboxylic acids is 1. The normalized spacial score (nSPS) is 11.4. The first kappa shape index (κ1) is 23.4. The lowest BCUT2D eigenvalue weighted by atomic mass is 9.85. The summed E-state index contributed by atoms with van der Waals surface area (Å²) < 4.78 is 11.0. The maximum atomic E-state index is 13.1. The molecule has 4 aromatic rings. The van der Waals surface area contributed by atoms with Crippen LogP contribution in [0.25, 0.3) is 11.3 Å². The molecule has 0 saturated carbocycles. The van der Waals surface area contributed by atoms with E-state index in [1.165, 1.54) is 31.5 Å². The monoisotopic (exact) mass is 471 g/mol. The summed E-state index contributed by atoms with van der Waals surface area (Å²) in [5.74, 6) is 0.245. The van der Waals surface area contributed by atoms with E-state index in [4.69, 9.17) is 9.15 Å². The van der Waals surface area contributed by atoms with Gasteiger partial charge in [0.25, 0.3) is 11.6 Å². The summed E-state index contributed by atoms with van der Waals surface area (Å²) in [5, 5.41) is 26.4.